The SMILES string of the molecule is O=C(O)c1cc(NC(=O)c2c(F)c(F)c(F)c(F)c2F)ccc1Cl. The molecule has 24 heavy (non-hydrogen) atoms. The van der Waals surface area contributed by atoms with Gasteiger partial charge in [-0.1, -0.05) is 11.6 Å². The van der Waals surface area contributed by atoms with Gasteiger partial charge in [0, 0.05) is 5.69 Å². The van der Waals surface area contributed by atoms with Gasteiger partial charge in [-0.2, -0.15) is 0 Å². The number of carbonyl (C=O) groups excluding carboxylic acids is 1. The molecule has 0 radical (unpaired) electrons. The Morgan fingerprint density at radius 3 is 1.92 bits per heavy atom. The number of hydrogen-bond acceptors (Lipinski definition) is 2. The standard InChI is InChI=1S/C14H5ClF5NO3/c15-6-2-1-4(3-5(6)14(23)24)21-13(22)7-8(16)10(18)12(20)11(19)9(7)17/h1-3H,(H,21,22)(H,23,24). The van der Waals surface area contributed by atoms with Gasteiger partial charge in [0.2, 0.25) is 5.82 Å². The lowest BCUT2D eigenvalue weighted by Gasteiger charge is -2.10. The molecule has 0 saturated heterocycles. The van der Waals surface area contributed by atoms with Crippen LogP contribution in [0.15, 0.2) is 18.2 Å². The molecule has 2 aromatic rings. The van der Waals surface area contributed by atoms with Crippen LogP contribution >= 0.6 is 11.6 Å². The van der Waals surface area contributed by atoms with Crippen LogP contribution < -0.4 is 5.32 Å². The molecule has 2 rings (SSSR count). The van der Waals surface area contributed by atoms with Crippen molar-refractivity contribution in [2.75, 3.05) is 5.32 Å². The highest BCUT2D eigenvalue weighted by Gasteiger charge is 2.29. The number of hydrogen-bond donors (Lipinski definition) is 2. The zero-order valence-corrected chi connectivity index (χ0v) is 12.0. The lowest BCUT2D eigenvalue weighted by atomic mass is 10.1. The Labute approximate surface area is 135 Å². The zero-order chi connectivity index (χ0) is 18.2. The van der Waals surface area contributed by atoms with E-state index in [1.807, 2.05) is 5.32 Å². The molecule has 0 bridgehead atoms. The van der Waals surface area contributed by atoms with Crippen molar-refractivity contribution in [1.82, 2.24) is 0 Å². The molecule has 0 aliphatic carbocycles. The van der Waals surface area contributed by atoms with E-state index in [0.29, 0.717) is 0 Å². The molecule has 0 aliphatic rings. The van der Waals surface area contributed by atoms with Gasteiger partial charge in [-0.05, 0) is 18.2 Å². The Hall–Kier alpha value is -2.68. The quantitative estimate of drug-likeness (QED) is 0.491. The van der Waals surface area contributed by atoms with Gasteiger partial charge < -0.3 is 10.4 Å². The highest BCUT2D eigenvalue weighted by atomic mass is 35.5. The van der Waals surface area contributed by atoms with Crippen molar-refractivity contribution in [2.24, 2.45) is 0 Å². The summed E-state index contributed by atoms with van der Waals surface area (Å²) >= 11 is 5.60. The molecular formula is C14H5ClF5NO3. The minimum atomic E-state index is -2.40. The van der Waals surface area contributed by atoms with Crippen LogP contribution in [-0.4, -0.2) is 17.0 Å². The Morgan fingerprint density at radius 1 is 0.917 bits per heavy atom. The zero-order valence-electron chi connectivity index (χ0n) is 11.3. The second-order valence-electron chi connectivity index (χ2n) is 4.40. The number of anilines is 1. The Kier molecular flexibility index (Phi) is 4.74. The summed E-state index contributed by atoms with van der Waals surface area (Å²) in [6.45, 7) is 0. The van der Waals surface area contributed by atoms with E-state index in [1.54, 1.807) is 0 Å². The van der Waals surface area contributed by atoms with Crippen molar-refractivity contribution in [3.05, 3.63) is 63.4 Å². The van der Waals surface area contributed by atoms with Crippen LogP contribution in [0.3, 0.4) is 0 Å². The molecule has 0 aliphatic heterocycles. The number of benzene rings is 2. The summed E-state index contributed by atoms with van der Waals surface area (Å²) in [5, 5.41) is 10.5. The molecule has 0 fully saturated rings. The smallest absolute Gasteiger partial charge is 0.337 e. The Bertz CT molecular complexity index is 843. The van der Waals surface area contributed by atoms with Gasteiger partial charge in [-0.25, -0.2) is 26.7 Å². The number of halogens is 6. The molecule has 0 aromatic heterocycles. The van der Waals surface area contributed by atoms with Crippen molar-refractivity contribution in [3.8, 4) is 0 Å². The fraction of sp³-hybridized carbons (Fsp3) is 0. The number of rotatable bonds is 3. The van der Waals surface area contributed by atoms with Crippen LogP contribution in [0.5, 0.6) is 0 Å². The fourth-order valence-electron chi connectivity index (χ4n) is 1.76. The normalized spacial score (nSPS) is 10.6. The highest BCUT2D eigenvalue weighted by molar-refractivity contribution is 6.33. The summed E-state index contributed by atoms with van der Waals surface area (Å²) in [6.07, 6.45) is 0. The molecule has 0 spiro atoms. The molecule has 0 atom stereocenters. The first-order valence-corrected chi connectivity index (χ1v) is 6.38. The molecule has 2 N–H and O–H groups in total. The maximum atomic E-state index is 13.5. The number of aromatic carboxylic acids is 1. The van der Waals surface area contributed by atoms with Gasteiger partial charge in [-0.15, -0.1) is 0 Å². The van der Waals surface area contributed by atoms with Gasteiger partial charge in [0.25, 0.3) is 5.91 Å². The topological polar surface area (TPSA) is 66.4 Å². The van der Waals surface area contributed by atoms with E-state index in [4.69, 9.17) is 16.7 Å². The van der Waals surface area contributed by atoms with Crippen LogP contribution in [0.1, 0.15) is 20.7 Å². The minimum Gasteiger partial charge on any atom is -0.478 e. The van der Waals surface area contributed by atoms with Gasteiger partial charge in [0.15, 0.2) is 23.3 Å². The first kappa shape index (κ1) is 17.7. The van der Waals surface area contributed by atoms with Gasteiger partial charge in [-0.3, -0.25) is 4.79 Å². The molecule has 10 heteroatoms. The average Bonchev–Trinajstić information content (AvgIpc) is 2.52. The third-order valence-electron chi connectivity index (χ3n) is 2.89. The van der Waals surface area contributed by atoms with Crippen molar-refractivity contribution in [1.29, 1.82) is 0 Å². The summed E-state index contributed by atoms with van der Waals surface area (Å²) < 4.78 is 66.2. The number of carboxylic acids is 1. The summed E-state index contributed by atoms with van der Waals surface area (Å²) in [5.74, 6) is -14.7. The summed E-state index contributed by atoms with van der Waals surface area (Å²) in [5.41, 5.74) is -2.41. The predicted molar refractivity (Wildman–Crippen MR) is 72.6 cm³/mol. The highest BCUT2D eigenvalue weighted by Crippen LogP contribution is 2.25. The second kappa shape index (κ2) is 6.44. The number of nitrogens with one attached hydrogen (secondary N) is 1. The van der Waals surface area contributed by atoms with Gasteiger partial charge in [0.05, 0.1) is 10.6 Å². The van der Waals surface area contributed by atoms with Crippen LogP contribution in [0.25, 0.3) is 0 Å². The number of carbonyl (C=O) groups is 2. The van der Waals surface area contributed by atoms with Crippen LogP contribution in [0.4, 0.5) is 27.6 Å². The molecule has 0 saturated carbocycles. The van der Waals surface area contributed by atoms with Crippen LogP contribution in [-0.2, 0) is 0 Å². The largest absolute Gasteiger partial charge is 0.478 e. The van der Waals surface area contributed by atoms with Crippen molar-refractivity contribution in [3.63, 3.8) is 0 Å². The third-order valence-corrected chi connectivity index (χ3v) is 3.22. The van der Waals surface area contributed by atoms with E-state index in [2.05, 4.69) is 0 Å². The van der Waals surface area contributed by atoms with Crippen LogP contribution in [0.2, 0.25) is 5.02 Å². The lowest BCUT2D eigenvalue weighted by molar-refractivity contribution is 0.0696. The number of amides is 1. The van der Waals surface area contributed by atoms with E-state index >= 15 is 0 Å². The fourth-order valence-corrected chi connectivity index (χ4v) is 1.96. The van der Waals surface area contributed by atoms with Gasteiger partial charge in [0.1, 0.15) is 5.56 Å². The molecule has 0 heterocycles. The Morgan fingerprint density at radius 2 is 1.42 bits per heavy atom. The van der Waals surface area contributed by atoms with Crippen molar-refractivity contribution < 1.29 is 36.6 Å². The molecule has 2 aromatic carbocycles. The van der Waals surface area contributed by atoms with Crippen molar-refractivity contribution in [2.45, 2.75) is 0 Å². The van der Waals surface area contributed by atoms with Gasteiger partial charge >= 0.3 is 5.97 Å². The summed E-state index contributed by atoms with van der Waals surface area (Å²) in [4.78, 5) is 22.7. The third kappa shape index (κ3) is 3.02. The predicted octanol–water partition coefficient (Wildman–Crippen LogP) is 3.99. The van der Waals surface area contributed by atoms with E-state index in [-0.39, 0.29) is 10.7 Å². The summed E-state index contributed by atoms with van der Waals surface area (Å²) in [7, 11) is 0. The minimum absolute atomic E-state index is 0.184. The molecule has 126 valence electrons. The first-order valence-electron chi connectivity index (χ1n) is 6.00. The average molecular weight is 366 g/mol. The molecule has 4 nitrogen and oxygen atoms in total. The maximum Gasteiger partial charge on any atom is 0.337 e. The Balaban J connectivity index is 2.45. The second-order valence-corrected chi connectivity index (χ2v) is 4.81. The molecule has 1 amide bonds. The maximum absolute atomic E-state index is 13.5. The van der Waals surface area contributed by atoms with E-state index in [0.717, 1.165) is 18.2 Å². The van der Waals surface area contributed by atoms with E-state index in [9.17, 15) is 31.5 Å². The lowest BCUT2D eigenvalue weighted by Crippen LogP contribution is -2.19. The number of carboxylic acid groups (broad SMARTS) is 1. The van der Waals surface area contributed by atoms with E-state index < -0.39 is 52.1 Å². The molecular weight excluding hydrogens is 361 g/mol. The molecule has 0 unspecified atom stereocenters. The van der Waals surface area contributed by atoms with Crippen LogP contribution in [0, 0.1) is 29.1 Å². The monoisotopic (exact) mass is 365 g/mol. The first-order chi connectivity index (χ1) is 11.1. The van der Waals surface area contributed by atoms with E-state index in [1.165, 1.54) is 0 Å². The van der Waals surface area contributed by atoms with Crippen molar-refractivity contribution >= 4 is 29.2 Å². The summed E-state index contributed by atoms with van der Waals surface area (Å²) in [6, 6.07) is 3.01.